The zero-order chi connectivity index (χ0) is 18.9. The Bertz CT molecular complexity index is 448. The molecule has 1 atom stereocenters. The molecule has 7 nitrogen and oxygen atoms in total. The van der Waals surface area contributed by atoms with Gasteiger partial charge in [0.15, 0.2) is 5.96 Å². The summed E-state index contributed by atoms with van der Waals surface area (Å²) in [5.74, 6) is 1.84. The number of rotatable bonds is 7. The molecule has 3 fully saturated rings. The first-order chi connectivity index (χ1) is 13.2. The van der Waals surface area contributed by atoms with Gasteiger partial charge in [0.25, 0.3) is 0 Å². The number of nitrogens with zero attached hydrogens (tertiary/aromatic N) is 4. The van der Waals surface area contributed by atoms with Gasteiger partial charge in [0.2, 0.25) is 0 Å². The van der Waals surface area contributed by atoms with Crippen LogP contribution in [0, 0.1) is 5.92 Å². The lowest BCUT2D eigenvalue weighted by molar-refractivity contribution is 0.0315. The first-order valence-corrected chi connectivity index (χ1v) is 11.0. The fourth-order valence-electron chi connectivity index (χ4n) is 4.37. The van der Waals surface area contributed by atoms with E-state index in [0.717, 1.165) is 103 Å². The summed E-state index contributed by atoms with van der Waals surface area (Å²) < 4.78 is 5.46. The molecule has 3 heterocycles. The van der Waals surface area contributed by atoms with Gasteiger partial charge in [-0.1, -0.05) is 0 Å². The SMILES string of the molecule is CCNC(=NCCCN1CCC(O)CC1)N1CCC(CN2CCOCC2)C1. The highest BCUT2D eigenvalue weighted by Gasteiger charge is 2.27. The van der Waals surface area contributed by atoms with E-state index in [0.29, 0.717) is 0 Å². The second-order valence-electron chi connectivity index (χ2n) is 8.18. The molecule has 3 aliphatic heterocycles. The van der Waals surface area contributed by atoms with Crippen LogP contribution in [0.5, 0.6) is 0 Å². The number of hydrogen-bond acceptors (Lipinski definition) is 5. The van der Waals surface area contributed by atoms with E-state index in [-0.39, 0.29) is 6.10 Å². The van der Waals surface area contributed by atoms with E-state index in [2.05, 4.69) is 26.9 Å². The Morgan fingerprint density at radius 2 is 1.85 bits per heavy atom. The summed E-state index contributed by atoms with van der Waals surface area (Å²) >= 11 is 0. The molecule has 0 aliphatic carbocycles. The van der Waals surface area contributed by atoms with Crippen LogP contribution >= 0.6 is 0 Å². The van der Waals surface area contributed by atoms with Crippen LogP contribution in [-0.4, -0.2) is 111 Å². The minimum absolute atomic E-state index is 0.0831. The quantitative estimate of drug-likeness (QED) is 0.379. The molecule has 0 saturated carbocycles. The largest absolute Gasteiger partial charge is 0.393 e. The van der Waals surface area contributed by atoms with Gasteiger partial charge in [0, 0.05) is 58.9 Å². The average molecular weight is 382 g/mol. The Morgan fingerprint density at radius 3 is 2.59 bits per heavy atom. The third-order valence-electron chi connectivity index (χ3n) is 5.99. The average Bonchev–Trinajstić information content (AvgIpc) is 3.15. The van der Waals surface area contributed by atoms with Gasteiger partial charge in [-0.05, 0) is 45.1 Å². The van der Waals surface area contributed by atoms with Gasteiger partial charge in [0.05, 0.1) is 19.3 Å². The first kappa shape index (κ1) is 20.8. The zero-order valence-corrected chi connectivity index (χ0v) is 17.1. The first-order valence-electron chi connectivity index (χ1n) is 11.0. The normalized spacial score (nSPS) is 26.7. The van der Waals surface area contributed by atoms with Gasteiger partial charge in [-0.3, -0.25) is 9.89 Å². The van der Waals surface area contributed by atoms with E-state index in [4.69, 9.17) is 9.73 Å². The Kier molecular flexibility index (Phi) is 8.64. The number of morpholine rings is 1. The van der Waals surface area contributed by atoms with Crippen molar-refractivity contribution in [2.75, 3.05) is 78.7 Å². The van der Waals surface area contributed by atoms with Crippen molar-refractivity contribution in [1.29, 1.82) is 0 Å². The second-order valence-corrected chi connectivity index (χ2v) is 8.18. The monoisotopic (exact) mass is 381 g/mol. The highest BCUT2D eigenvalue weighted by molar-refractivity contribution is 5.80. The predicted molar refractivity (Wildman–Crippen MR) is 109 cm³/mol. The van der Waals surface area contributed by atoms with Crippen molar-refractivity contribution in [2.24, 2.45) is 10.9 Å². The van der Waals surface area contributed by atoms with Crippen molar-refractivity contribution >= 4 is 5.96 Å². The molecule has 0 amide bonds. The summed E-state index contributed by atoms with van der Waals surface area (Å²) in [6.45, 7) is 14.5. The molecule has 2 N–H and O–H groups in total. The number of ether oxygens (including phenoxy) is 1. The van der Waals surface area contributed by atoms with Gasteiger partial charge in [-0.25, -0.2) is 0 Å². The third-order valence-corrected chi connectivity index (χ3v) is 5.99. The maximum Gasteiger partial charge on any atom is 0.193 e. The van der Waals surface area contributed by atoms with Crippen LogP contribution in [0.2, 0.25) is 0 Å². The van der Waals surface area contributed by atoms with Crippen molar-refractivity contribution in [3.63, 3.8) is 0 Å². The van der Waals surface area contributed by atoms with E-state index in [1.807, 2.05) is 0 Å². The number of aliphatic hydroxyl groups is 1. The Balaban J connectivity index is 1.39. The lowest BCUT2D eigenvalue weighted by Gasteiger charge is -2.29. The van der Waals surface area contributed by atoms with Gasteiger partial charge in [-0.15, -0.1) is 0 Å². The number of likely N-dealkylation sites (tertiary alicyclic amines) is 2. The fourth-order valence-corrected chi connectivity index (χ4v) is 4.37. The Labute approximate surface area is 164 Å². The van der Waals surface area contributed by atoms with E-state index in [1.54, 1.807) is 0 Å². The van der Waals surface area contributed by atoms with Gasteiger partial charge in [-0.2, -0.15) is 0 Å². The number of nitrogens with one attached hydrogen (secondary N) is 1. The molecule has 0 radical (unpaired) electrons. The highest BCUT2D eigenvalue weighted by Crippen LogP contribution is 2.18. The summed E-state index contributed by atoms with van der Waals surface area (Å²) in [5.41, 5.74) is 0. The lowest BCUT2D eigenvalue weighted by atomic mass is 10.1. The molecule has 3 aliphatic rings. The van der Waals surface area contributed by atoms with Crippen LogP contribution in [0.25, 0.3) is 0 Å². The molecule has 0 bridgehead atoms. The summed E-state index contributed by atoms with van der Waals surface area (Å²) in [4.78, 5) is 12.4. The van der Waals surface area contributed by atoms with Crippen molar-refractivity contribution in [2.45, 2.75) is 38.7 Å². The van der Waals surface area contributed by atoms with Crippen molar-refractivity contribution in [3.8, 4) is 0 Å². The molecule has 156 valence electrons. The minimum Gasteiger partial charge on any atom is -0.393 e. The van der Waals surface area contributed by atoms with E-state index in [1.165, 1.54) is 13.0 Å². The Hall–Kier alpha value is -0.890. The fraction of sp³-hybridized carbons (Fsp3) is 0.950. The molecule has 3 saturated heterocycles. The van der Waals surface area contributed by atoms with Crippen molar-refractivity contribution in [1.82, 2.24) is 20.0 Å². The van der Waals surface area contributed by atoms with E-state index in [9.17, 15) is 5.11 Å². The third kappa shape index (κ3) is 6.89. The summed E-state index contributed by atoms with van der Waals surface area (Å²) in [6, 6.07) is 0. The number of hydrogen-bond donors (Lipinski definition) is 2. The predicted octanol–water partition coefficient (Wildman–Crippen LogP) is 0.453. The number of aliphatic imine (C=N–C) groups is 1. The van der Waals surface area contributed by atoms with E-state index < -0.39 is 0 Å². The minimum atomic E-state index is -0.0831. The summed E-state index contributed by atoms with van der Waals surface area (Å²) in [7, 11) is 0. The van der Waals surface area contributed by atoms with E-state index >= 15 is 0 Å². The lowest BCUT2D eigenvalue weighted by Crippen LogP contribution is -2.42. The molecule has 3 rings (SSSR count). The van der Waals surface area contributed by atoms with Crippen LogP contribution in [0.1, 0.15) is 32.6 Å². The molecule has 0 aromatic carbocycles. The van der Waals surface area contributed by atoms with Crippen molar-refractivity contribution in [3.05, 3.63) is 0 Å². The van der Waals surface area contributed by atoms with Crippen molar-refractivity contribution < 1.29 is 9.84 Å². The molecule has 0 spiro atoms. The smallest absolute Gasteiger partial charge is 0.193 e. The number of aliphatic hydroxyl groups excluding tert-OH is 1. The molecule has 0 aromatic heterocycles. The molecule has 27 heavy (non-hydrogen) atoms. The maximum atomic E-state index is 9.61. The molecule has 7 heteroatoms. The van der Waals surface area contributed by atoms with Crippen LogP contribution in [0.4, 0.5) is 0 Å². The number of guanidine groups is 1. The van der Waals surface area contributed by atoms with Gasteiger partial charge in [0.1, 0.15) is 0 Å². The summed E-state index contributed by atoms with van der Waals surface area (Å²) in [6.07, 6.45) is 4.11. The van der Waals surface area contributed by atoms with Gasteiger partial charge < -0.3 is 25.0 Å². The standard InChI is InChI=1S/C20H39N5O2/c1-2-21-20(22-7-3-8-23-9-5-19(26)6-10-23)25-11-4-18(17-25)16-24-12-14-27-15-13-24/h18-19,26H,2-17H2,1H3,(H,21,22). The molecular formula is C20H39N5O2. The molecule has 0 aromatic rings. The zero-order valence-electron chi connectivity index (χ0n) is 17.1. The topological polar surface area (TPSA) is 63.6 Å². The second kappa shape index (κ2) is 11.2. The van der Waals surface area contributed by atoms with Crippen LogP contribution in [0.3, 0.4) is 0 Å². The maximum absolute atomic E-state index is 9.61. The number of piperidine rings is 1. The molecular weight excluding hydrogens is 342 g/mol. The van der Waals surface area contributed by atoms with Crippen LogP contribution < -0.4 is 5.32 Å². The highest BCUT2D eigenvalue weighted by atomic mass is 16.5. The van der Waals surface area contributed by atoms with Crippen LogP contribution in [-0.2, 0) is 4.74 Å². The molecule has 1 unspecified atom stereocenters. The Morgan fingerprint density at radius 1 is 1.07 bits per heavy atom. The van der Waals surface area contributed by atoms with Crippen LogP contribution in [0.15, 0.2) is 4.99 Å². The summed E-state index contributed by atoms with van der Waals surface area (Å²) in [5, 5.41) is 13.1. The van der Waals surface area contributed by atoms with Gasteiger partial charge >= 0.3 is 0 Å².